The van der Waals surface area contributed by atoms with Crippen LogP contribution in [0.1, 0.15) is 44.1 Å². The fourth-order valence-electron chi connectivity index (χ4n) is 4.53. The van der Waals surface area contributed by atoms with E-state index in [9.17, 15) is 5.11 Å². The van der Waals surface area contributed by atoms with Gasteiger partial charge < -0.3 is 10.0 Å². The van der Waals surface area contributed by atoms with E-state index in [1.54, 1.807) is 5.57 Å². The first kappa shape index (κ1) is 18.4. The Morgan fingerprint density at radius 1 is 1.12 bits per heavy atom. The molecule has 4 atom stereocenters. The maximum Gasteiger partial charge on any atom is 0.0611 e. The van der Waals surface area contributed by atoms with Crippen LogP contribution in [0.4, 0.5) is 0 Å². The van der Waals surface area contributed by atoms with Crippen LogP contribution in [0.5, 0.6) is 0 Å². The quantitative estimate of drug-likeness (QED) is 0.545. The van der Waals surface area contributed by atoms with Gasteiger partial charge in [-0.15, -0.1) is 0 Å². The number of benzene rings is 1. The summed E-state index contributed by atoms with van der Waals surface area (Å²) in [6.07, 6.45) is 14.1. The van der Waals surface area contributed by atoms with Crippen LogP contribution in [0, 0.1) is 17.8 Å². The summed E-state index contributed by atoms with van der Waals surface area (Å²) in [7, 11) is 4.30. The van der Waals surface area contributed by atoms with Gasteiger partial charge in [0, 0.05) is 5.92 Å². The number of hydrogen-bond donors (Lipinski definition) is 1. The van der Waals surface area contributed by atoms with E-state index >= 15 is 0 Å². The molecule has 2 aliphatic carbocycles. The van der Waals surface area contributed by atoms with Crippen LogP contribution in [0.2, 0.25) is 0 Å². The molecule has 1 aromatic rings. The van der Waals surface area contributed by atoms with Gasteiger partial charge in [0.15, 0.2) is 0 Å². The predicted octanol–water partition coefficient (Wildman–Crippen LogP) is 4.77. The van der Waals surface area contributed by atoms with Crippen LogP contribution < -0.4 is 0 Å². The second-order valence-electron chi connectivity index (χ2n) is 8.12. The third-order valence-electron chi connectivity index (χ3n) is 5.86. The summed E-state index contributed by atoms with van der Waals surface area (Å²) < 4.78 is 0. The highest BCUT2D eigenvalue weighted by Gasteiger charge is 2.43. The Hall–Kier alpha value is -1.38. The topological polar surface area (TPSA) is 23.5 Å². The van der Waals surface area contributed by atoms with Gasteiger partial charge in [-0.05, 0) is 70.1 Å². The third-order valence-corrected chi connectivity index (χ3v) is 5.86. The molecular formula is C23H33NO. The molecule has 25 heavy (non-hydrogen) atoms. The molecule has 0 bridgehead atoms. The number of nitrogens with zero attached hydrogens (tertiary/aromatic N) is 1. The summed E-state index contributed by atoms with van der Waals surface area (Å²) in [5.41, 5.74) is 2.87. The van der Waals surface area contributed by atoms with Crippen LogP contribution >= 0.6 is 0 Å². The summed E-state index contributed by atoms with van der Waals surface area (Å²) in [4.78, 5) is 2.27. The van der Waals surface area contributed by atoms with Crippen molar-refractivity contribution in [2.75, 3.05) is 20.6 Å². The highest BCUT2D eigenvalue weighted by atomic mass is 16.3. The van der Waals surface area contributed by atoms with Gasteiger partial charge in [-0.25, -0.2) is 0 Å². The number of fused-ring (bicyclic) bond motifs is 1. The van der Waals surface area contributed by atoms with E-state index in [-0.39, 0.29) is 6.10 Å². The third kappa shape index (κ3) is 5.05. The fourth-order valence-corrected chi connectivity index (χ4v) is 4.53. The summed E-state index contributed by atoms with van der Waals surface area (Å²) in [5.74, 6) is 1.52. The van der Waals surface area contributed by atoms with Crippen molar-refractivity contribution < 1.29 is 5.11 Å². The van der Waals surface area contributed by atoms with Crippen LogP contribution in [0.3, 0.4) is 0 Å². The van der Waals surface area contributed by atoms with E-state index in [0.717, 1.165) is 6.42 Å². The molecule has 0 amide bonds. The zero-order valence-corrected chi connectivity index (χ0v) is 15.8. The highest BCUT2D eigenvalue weighted by Crippen LogP contribution is 2.48. The van der Waals surface area contributed by atoms with Gasteiger partial charge in [-0.2, -0.15) is 0 Å². The highest BCUT2D eigenvalue weighted by molar-refractivity contribution is 5.49. The molecule has 0 spiro atoms. The number of hydrogen-bond acceptors (Lipinski definition) is 2. The normalized spacial score (nSPS) is 28.7. The first-order valence-corrected chi connectivity index (χ1v) is 9.89. The SMILES string of the molecule is CN(C)CCCCCC1=C[C@H]2C[C@@H](O)[C@H](/C=C/c3ccccc3)[C@H]2C1. The lowest BCUT2D eigenvalue weighted by atomic mass is 9.88. The average Bonchev–Trinajstić information content (AvgIpc) is 3.10. The van der Waals surface area contributed by atoms with Gasteiger partial charge in [0.25, 0.3) is 0 Å². The molecule has 0 saturated heterocycles. The van der Waals surface area contributed by atoms with Crippen LogP contribution in [-0.4, -0.2) is 36.8 Å². The van der Waals surface area contributed by atoms with Crippen molar-refractivity contribution in [3.05, 3.63) is 53.6 Å². The number of aliphatic hydroxyl groups is 1. The molecular weight excluding hydrogens is 306 g/mol. The monoisotopic (exact) mass is 339 g/mol. The minimum absolute atomic E-state index is 0.173. The first-order chi connectivity index (χ1) is 12.1. The molecule has 2 nitrogen and oxygen atoms in total. The standard InChI is InChI=1S/C23H33NO/c1-24(2)14-8-4-7-11-19-15-20-17-23(25)21(22(20)16-19)13-12-18-9-5-3-6-10-18/h3,5-6,9-10,12-13,15,20-23,25H,4,7-8,11,14,16-17H2,1-2H3/b13-12+/t20-,21+,22-,23+/m0/s1. The van der Waals surface area contributed by atoms with Crippen LogP contribution in [0.15, 0.2) is 48.1 Å². The van der Waals surface area contributed by atoms with Crippen LogP contribution in [-0.2, 0) is 0 Å². The van der Waals surface area contributed by atoms with Crippen molar-refractivity contribution in [3.8, 4) is 0 Å². The van der Waals surface area contributed by atoms with Crippen molar-refractivity contribution in [2.24, 2.45) is 17.8 Å². The fraction of sp³-hybridized carbons (Fsp3) is 0.565. The molecule has 2 aliphatic rings. The smallest absolute Gasteiger partial charge is 0.0611 e. The summed E-state index contributed by atoms with van der Waals surface area (Å²) >= 11 is 0. The predicted molar refractivity (Wildman–Crippen MR) is 106 cm³/mol. The molecule has 2 heteroatoms. The van der Waals surface area contributed by atoms with E-state index in [4.69, 9.17) is 0 Å². The molecule has 136 valence electrons. The van der Waals surface area contributed by atoms with E-state index in [1.165, 1.54) is 44.2 Å². The van der Waals surface area contributed by atoms with Gasteiger partial charge in [0.1, 0.15) is 0 Å². The maximum absolute atomic E-state index is 10.5. The Kier molecular flexibility index (Phi) is 6.50. The van der Waals surface area contributed by atoms with Gasteiger partial charge >= 0.3 is 0 Å². The molecule has 1 aromatic carbocycles. The molecule has 0 aliphatic heterocycles. The number of rotatable bonds is 8. The average molecular weight is 340 g/mol. The maximum atomic E-state index is 10.5. The second-order valence-corrected chi connectivity index (χ2v) is 8.12. The Morgan fingerprint density at radius 3 is 2.68 bits per heavy atom. The van der Waals surface area contributed by atoms with E-state index < -0.39 is 0 Å². The zero-order valence-electron chi connectivity index (χ0n) is 15.8. The molecule has 1 N–H and O–H groups in total. The molecule has 0 heterocycles. The van der Waals surface area contributed by atoms with Crippen molar-refractivity contribution in [1.29, 1.82) is 0 Å². The number of aliphatic hydroxyl groups excluding tert-OH is 1. The molecule has 0 radical (unpaired) electrons. The molecule has 3 rings (SSSR count). The number of unbranched alkanes of at least 4 members (excludes halogenated alkanes) is 2. The minimum Gasteiger partial charge on any atom is -0.392 e. The molecule has 1 fully saturated rings. The molecule has 1 saturated carbocycles. The minimum atomic E-state index is -0.173. The van der Waals surface area contributed by atoms with E-state index in [0.29, 0.717) is 17.8 Å². The van der Waals surface area contributed by atoms with Crippen molar-refractivity contribution in [1.82, 2.24) is 4.90 Å². The van der Waals surface area contributed by atoms with E-state index in [2.05, 4.69) is 61.5 Å². The van der Waals surface area contributed by atoms with Crippen LogP contribution in [0.25, 0.3) is 6.08 Å². The van der Waals surface area contributed by atoms with Crippen molar-refractivity contribution in [2.45, 2.75) is 44.6 Å². The zero-order chi connectivity index (χ0) is 17.6. The largest absolute Gasteiger partial charge is 0.392 e. The van der Waals surface area contributed by atoms with Crippen molar-refractivity contribution >= 4 is 6.08 Å². The Morgan fingerprint density at radius 2 is 1.92 bits per heavy atom. The Bertz CT molecular complexity index is 589. The first-order valence-electron chi connectivity index (χ1n) is 9.89. The van der Waals surface area contributed by atoms with Gasteiger partial charge in [-0.3, -0.25) is 0 Å². The van der Waals surface area contributed by atoms with E-state index in [1.807, 2.05) is 6.07 Å². The lowest BCUT2D eigenvalue weighted by Gasteiger charge is -2.18. The molecule has 0 aromatic heterocycles. The summed E-state index contributed by atoms with van der Waals surface area (Å²) in [6.45, 7) is 1.20. The van der Waals surface area contributed by atoms with Crippen molar-refractivity contribution in [3.63, 3.8) is 0 Å². The Labute approximate surface area is 153 Å². The van der Waals surface area contributed by atoms with Gasteiger partial charge in [0.2, 0.25) is 0 Å². The molecule has 0 unspecified atom stereocenters. The lowest BCUT2D eigenvalue weighted by Crippen LogP contribution is -2.16. The number of allylic oxidation sites excluding steroid dienone is 2. The Balaban J connectivity index is 1.49. The summed E-state index contributed by atoms with van der Waals surface area (Å²) in [6, 6.07) is 10.4. The summed E-state index contributed by atoms with van der Waals surface area (Å²) in [5, 5.41) is 10.5. The second kappa shape index (κ2) is 8.82. The van der Waals surface area contributed by atoms with Gasteiger partial charge in [0.05, 0.1) is 6.10 Å². The van der Waals surface area contributed by atoms with Gasteiger partial charge in [-0.1, -0.05) is 60.6 Å². The lowest BCUT2D eigenvalue weighted by molar-refractivity contribution is 0.141.